The Balaban J connectivity index is 2.16. The summed E-state index contributed by atoms with van der Waals surface area (Å²) in [5, 5.41) is 10.8. The Hall–Kier alpha value is -2.92. The van der Waals surface area contributed by atoms with E-state index in [0.717, 1.165) is 0 Å². The second-order valence-corrected chi connectivity index (χ2v) is 8.13. The Bertz CT molecular complexity index is 1040. The molecule has 0 saturated carbocycles. The first-order valence-electron chi connectivity index (χ1n) is 8.23. The molecule has 0 spiro atoms. The van der Waals surface area contributed by atoms with Gasteiger partial charge in [0, 0.05) is 15.7 Å². The number of anilines is 1. The van der Waals surface area contributed by atoms with Gasteiger partial charge in [-0.2, -0.15) is 0 Å². The van der Waals surface area contributed by atoms with Crippen LogP contribution < -0.4 is 10.0 Å². The topological polar surface area (TPSA) is 139 Å². The van der Waals surface area contributed by atoms with Crippen LogP contribution in [0.3, 0.4) is 0 Å². The monoisotopic (exact) mass is 484 g/mol. The van der Waals surface area contributed by atoms with E-state index in [9.17, 15) is 22.8 Å². The zero-order chi connectivity index (χ0) is 21.6. The van der Waals surface area contributed by atoms with Crippen LogP contribution in [0.4, 0.5) is 5.69 Å². The maximum atomic E-state index is 12.6. The van der Waals surface area contributed by atoms with E-state index in [1.54, 1.807) is 6.92 Å². The number of amides is 1. The molecule has 9 nitrogen and oxygen atoms in total. The lowest BCUT2D eigenvalue weighted by molar-refractivity contribution is -0.135. The van der Waals surface area contributed by atoms with Crippen LogP contribution in [0.2, 0.25) is 0 Å². The van der Waals surface area contributed by atoms with Gasteiger partial charge in [-0.15, -0.1) is 0 Å². The van der Waals surface area contributed by atoms with Gasteiger partial charge in [0.05, 0.1) is 12.2 Å². The number of benzene rings is 2. The normalized spacial score (nSPS) is 10.8. The summed E-state index contributed by atoms with van der Waals surface area (Å²) in [5.74, 6) is -2.34. The van der Waals surface area contributed by atoms with Gasteiger partial charge < -0.3 is 15.2 Å². The van der Waals surface area contributed by atoms with E-state index in [1.165, 1.54) is 42.5 Å². The lowest BCUT2D eigenvalue weighted by Crippen LogP contribution is -2.29. The third kappa shape index (κ3) is 6.03. The highest BCUT2D eigenvalue weighted by atomic mass is 79.9. The molecule has 0 aliphatic rings. The minimum absolute atomic E-state index is 0.0890. The minimum atomic E-state index is -3.98. The van der Waals surface area contributed by atoms with Crippen LogP contribution in [0.15, 0.2) is 51.8 Å². The van der Waals surface area contributed by atoms with Gasteiger partial charge >= 0.3 is 11.9 Å². The lowest BCUT2D eigenvalue weighted by atomic mass is 10.2. The lowest BCUT2D eigenvalue weighted by Gasteiger charge is -2.11. The van der Waals surface area contributed by atoms with Crippen LogP contribution in [0.5, 0.6) is 0 Å². The van der Waals surface area contributed by atoms with Crippen LogP contribution >= 0.6 is 15.9 Å². The van der Waals surface area contributed by atoms with Crippen LogP contribution in [-0.4, -0.2) is 44.5 Å². The van der Waals surface area contributed by atoms with Gasteiger partial charge in [-0.05, 0) is 65.3 Å². The van der Waals surface area contributed by atoms with Crippen molar-refractivity contribution >= 4 is 49.5 Å². The van der Waals surface area contributed by atoms with Crippen molar-refractivity contribution in [1.82, 2.24) is 5.32 Å². The van der Waals surface area contributed by atoms with Crippen molar-refractivity contribution in [2.45, 2.75) is 11.8 Å². The molecule has 0 atom stereocenters. The molecule has 2 aromatic carbocycles. The third-order valence-electron chi connectivity index (χ3n) is 3.53. The Morgan fingerprint density at radius 2 is 1.69 bits per heavy atom. The molecule has 3 N–H and O–H groups in total. The summed E-state index contributed by atoms with van der Waals surface area (Å²) in [6, 6.07) is 9.41. The summed E-state index contributed by atoms with van der Waals surface area (Å²) >= 11 is 3.15. The molecule has 29 heavy (non-hydrogen) atoms. The summed E-state index contributed by atoms with van der Waals surface area (Å²) < 4.78 is 32.7. The number of carbonyl (C=O) groups is 3. The predicted octanol–water partition coefficient (Wildman–Crippen LogP) is 2.24. The fourth-order valence-electron chi connectivity index (χ4n) is 2.22. The summed E-state index contributed by atoms with van der Waals surface area (Å²) in [6.45, 7) is 1.34. The number of carboxylic acid groups (broad SMARTS) is 1. The van der Waals surface area contributed by atoms with E-state index in [2.05, 4.69) is 26.0 Å². The summed E-state index contributed by atoms with van der Waals surface area (Å²) in [4.78, 5) is 33.9. The first kappa shape index (κ1) is 22.4. The Morgan fingerprint density at radius 3 is 2.24 bits per heavy atom. The van der Waals surface area contributed by atoms with Crippen molar-refractivity contribution in [3.05, 3.63) is 58.1 Å². The molecular weight excluding hydrogens is 468 g/mol. The molecule has 2 aromatic rings. The molecule has 154 valence electrons. The van der Waals surface area contributed by atoms with Crippen molar-refractivity contribution < 1.29 is 32.6 Å². The first-order chi connectivity index (χ1) is 13.6. The molecule has 0 saturated heterocycles. The van der Waals surface area contributed by atoms with Crippen molar-refractivity contribution in [2.24, 2.45) is 0 Å². The Morgan fingerprint density at radius 1 is 1.07 bits per heavy atom. The number of hydrogen-bond acceptors (Lipinski definition) is 6. The Labute approximate surface area is 175 Å². The van der Waals surface area contributed by atoms with Gasteiger partial charge in [-0.1, -0.05) is 0 Å². The molecule has 0 bridgehead atoms. The molecule has 11 heteroatoms. The fourth-order valence-corrected chi connectivity index (χ4v) is 4.36. The summed E-state index contributed by atoms with van der Waals surface area (Å²) in [5.41, 5.74) is 0.574. The van der Waals surface area contributed by atoms with Crippen LogP contribution in [0, 0.1) is 0 Å². The van der Waals surface area contributed by atoms with E-state index >= 15 is 0 Å². The number of ether oxygens (including phenoxy) is 1. The van der Waals surface area contributed by atoms with Gasteiger partial charge in [0.15, 0.2) is 0 Å². The molecule has 0 unspecified atom stereocenters. The van der Waals surface area contributed by atoms with Gasteiger partial charge in [0.2, 0.25) is 0 Å². The van der Waals surface area contributed by atoms with E-state index in [4.69, 9.17) is 9.84 Å². The van der Waals surface area contributed by atoms with Crippen molar-refractivity contribution in [2.75, 3.05) is 17.9 Å². The van der Waals surface area contributed by atoms with Crippen LogP contribution in [0.1, 0.15) is 27.6 Å². The number of carbonyl (C=O) groups excluding carboxylic acids is 2. The van der Waals surface area contributed by atoms with E-state index < -0.39 is 34.4 Å². The highest BCUT2D eigenvalue weighted by molar-refractivity contribution is 9.10. The van der Waals surface area contributed by atoms with E-state index in [-0.39, 0.29) is 32.8 Å². The second kappa shape index (κ2) is 9.52. The smallest absolute Gasteiger partial charge is 0.338 e. The fraction of sp³-hybridized carbons (Fsp3) is 0.167. The molecule has 0 heterocycles. The molecule has 0 aliphatic carbocycles. The summed E-state index contributed by atoms with van der Waals surface area (Å²) in [6.07, 6.45) is 0. The van der Waals surface area contributed by atoms with Crippen molar-refractivity contribution in [3.8, 4) is 0 Å². The maximum Gasteiger partial charge on any atom is 0.338 e. The van der Waals surface area contributed by atoms with Crippen molar-refractivity contribution in [1.29, 1.82) is 0 Å². The van der Waals surface area contributed by atoms with Gasteiger partial charge in [0.1, 0.15) is 11.4 Å². The number of halogens is 1. The van der Waals surface area contributed by atoms with Crippen LogP contribution in [0.25, 0.3) is 0 Å². The third-order valence-corrected chi connectivity index (χ3v) is 5.89. The molecule has 0 fully saturated rings. The van der Waals surface area contributed by atoms with Gasteiger partial charge in [0.25, 0.3) is 15.9 Å². The minimum Gasteiger partial charge on any atom is -0.480 e. The van der Waals surface area contributed by atoms with E-state index in [0.29, 0.717) is 0 Å². The Kier molecular flexibility index (Phi) is 7.35. The molecule has 0 radical (unpaired) electrons. The number of aliphatic carboxylic acids is 1. The second-order valence-electron chi connectivity index (χ2n) is 5.62. The molecule has 0 aliphatic heterocycles. The average Bonchev–Trinajstić information content (AvgIpc) is 2.66. The van der Waals surface area contributed by atoms with Gasteiger partial charge in [-0.25, -0.2) is 13.2 Å². The first-order valence-corrected chi connectivity index (χ1v) is 10.5. The van der Waals surface area contributed by atoms with Crippen LogP contribution in [-0.2, 0) is 19.6 Å². The van der Waals surface area contributed by atoms with E-state index in [1.807, 2.05) is 0 Å². The molecule has 1 amide bonds. The number of sulfonamides is 1. The number of hydrogen-bond donors (Lipinski definition) is 3. The van der Waals surface area contributed by atoms with Gasteiger partial charge in [-0.3, -0.25) is 14.3 Å². The average molecular weight is 485 g/mol. The number of esters is 1. The predicted molar refractivity (Wildman–Crippen MR) is 107 cm³/mol. The maximum absolute atomic E-state index is 12.6. The molecule has 0 aromatic heterocycles. The zero-order valence-corrected chi connectivity index (χ0v) is 17.5. The molecule has 2 rings (SSSR count). The number of rotatable bonds is 8. The standard InChI is InChI=1S/C18H17BrN2O7S/c1-2-28-18(25)12-5-8-15(14(19)9-12)29(26,27)21-13-6-3-11(4-7-13)17(24)20-10-16(22)23/h3-9,21H,2,10H2,1H3,(H,20,24)(H,22,23). The van der Waals surface area contributed by atoms with Crippen molar-refractivity contribution in [3.63, 3.8) is 0 Å². The largest absolute Gasteiger partial charge is 0.480 e. The number of carboxylic acids is 1. The highest BCUT2D eigenvalue weighted by Gasteiger charge is 2.20. The zero-order valence-electron chi connectivity index (χ0n) is 15.1. The number of nitrogens with one attached hydrogen (secondary N) is 2. The molecular formula is C18H17BrN2O7S. The summed E-state index contributed by atoms with van der Waals surface area (Å²) in [7, 11) is -3.98. The highest BCUT2D eigenvalue weighted by Crippen LogP contribution is 2.26. The SMILES string of the molecule is CCOC(=O)c1ccc(S(=O)(=O)Nc2ccc(C(=O)NCC(=O)O)cc2)c(Br)c1. The quantitative estimate of drug-likeness (QED) is 0.488.